The van der Waals surface area contributed by atoms with Crippen LogP contribution in [-0.2, 0) is 22.6 Å². The van der Waals surface area contributed by atoms with Crippen LogP contribution in [0.4, 0.5) is 0 Å². The molecule has 23 heavy (non-hydrogen) atoms. The Labute approximate surface area is 139 Å². The van der Waals surface area contributed by atoms with Crippen molar-refractivity contribution in [3.8, 4) is 0 Å². The highest BCUT2D eigenvalue weighted by Gasteiger charge is 2.25. The van der Waals surface area contributed by atoms with Gasteiger partial charge < -0.3 is 9.47 Å². The van der Waals surface area contributed by atoms with Gasteiger partial charge in [0.25, 0.3) is 0 Å². The van der Waals surface area contributed by atoms with Gasteiger partial charge in [-0.15, -0.1) is 0 Å². The SMILES string of the molecule is C=CC=CC(=C)OCc1ccc(CN2C(C)COCC2C)cc1. The number of ether oxygens (including phenoxy) is 2. The van der Waals surface area contributed by atoms with E-state index < -0.39 is 0 Å². The van der Waals surface area contributed by atoms with E-state index in [-0.39, 0.29) is 0 Å². The molecule has 3 heteroatoms. The normalized spacial score (nSPS) is 22.2. The van der Waals surface area contributed by atoms with Crippen molar-refractivity contribution < 1.29 is 9.47 Å². The van der Waals surface area contributed by atoms with Gasteiger partial charge in [0.05, 0.1) is 13.2 Å². The smallest absolute Gasteiger partial charge is 0.113 e. The molecule has 2 unspecified atom stereocenters. The van der Waals surface area contributed by atoms with Gasteiger partial charge in [0.2, 0.25) is 0 Å². The predicted octanol–water partition coefficient (Wildman–Crippen LogP) is 4.07. The summed E-state index contributed by atoms with van der Waals surface area (Å²) in [5, 5.41) is 0. The highest BCUT2D eigenvalue weighted by molar-refractivity contribution is 5.23. The summed E-state index contributed by atoms with van der Waals surface area (Å²) >= 11 is 0. The second-order valence-corrected chi connectivity index (χ2v) is 6.07. The van der Waals surface area contributed by atoms with Crippen LogP contribution in [0, 0.1) is 0 Å². The van der Waals surface area contributed by atoms with E-state index in [1.165, 1.54) is 5.56 Å². The van der Waals surface area contributed by atoms with Gasteiger partial charge in [0.15, 0.2) is 0 Å². The van der Waals surface area contributed by atoms with Crippen LogP contribution >= 0.6 is 0 Å². The molecule has 0 aliphatic carbocycles. The largest absolute Gasteiger partial charge is 0.490 e. The topological polar surface area (TPSA) is 21.7 Å². The Morgan fingerprint density at radius 1 is 1.22 bits per heavy atom. The zero-order valence-electron chi connectivity index (χ0n) is 14.2. The van der Waals surface area contributed by atoms with Crippen LogP contribution in [0.25, 0.3) is 0 Å². The van der Waals surface area contributed by atoms with E-state index in [0.29, 0.717) is 24.4 Å². The van der Waals surface area contributed by atoms with E-state index in [4.69, 9.17) is 9.47 Å². The molecule has 0 saturated carbocycles. The summed E-state index contributed by atoms with van der Waals surface area (Å²) in [5.74, 6) is 0.643. The third-order valence-corrected chi connectivity index (χ3v) is 4.08. The molecule has 0 spiro atoms. The molecule has 3 nitrogen and oxygen atoms in total. The van der Waals surface area contributed by atoms with Crippen LogP contribution in [0.3, 0.4) is 0 Å². The van der Waals surface area contributed by atoms with Crippen LogP contribution < -0.4 is 0 Å². The second kappa shape index (κ2) is 8.70. The van der Waals surface area contributed by atoms with Crippen LogP contribution in [0.5, 0.6) is 0 Å². The van der Waals surface area contributed by atoms with Gasteiger partial charge in [-0.1, -0.05) is 49.6 Å². The fourth-order valence-corrected chi connectivity index (χ4v) is 2.70. The van der Waals surface area contributed by atoms with Gasteiger partial charge in [0, 0.05) is 18.6 Å². The average molecular weight is 313 g/mol. The molecule has 1 aliphatic heterocycles. The van der Waals surface area contributed by atoms with Crippen LogP contribution in [0.1, 0.15) is 25.0 Å². The molecule has 1 aromatic carbocycles. The van der Waals surface area contributed by atoms with Crippen molar-refractivity contribution in [1.82, 2.24) is 4.90 Å². The van der Waals surface area contributed by atoms with E-state index >= 15 is 0 Å². The van der Waals surface area contributed by atoms with Gasteiger partial charge >= 0.3 is 0 Å². The minimum absolute atomic E-state index is 0.460. The zero-order valence-corrected chi connectivity index (χ0v) is 14.2. The Balaban J connectivity index is 1.88. The highest BCUT2D eigenvalue weighted by Crippen LogP contribution is 2.18. The molecule has 0 radical (unpaired) electrons. The van der Waals surface area contributed by atoms with E-state index in [1.54, 1.807) is 6.08 Å². The van der Waals surface area contributed by atoms with Gasteiger partial charge in [-0.3, -0.25) is 4.90 Å². The molecule has 2 rings (SSSR count). The van der Waals surface area contributed by atoms with Gasteiger partial charge in [-0.05, 0) is 31.1 Å². The highest BCUT2D eigenvalue weighted by atomic mass is 16.5. The Morgan fingerprint density at radius 2 is 1.83 bits per heavy atom. The van der Waals surface area contributed by atoms with Gasteiger partial charge in [-0.25, -0.2) is 0 Å². The summed E-state index contributed by atoms with van der Waals surface area (Å²) < 4.78 is 11.2. The maximum absolute atomic E-state index is 5.60. The minimum Gasteiger partial charge on any atom is -0.490 e. The lowest BCUT2D eigenvalue weighted by Gasteiger charge is -2.38. The summed E-state index contributed by atoms with van der Waals surface area (Å²) in [7, 11) is 0. The monoisotopic (exact) mass is 313 g/mol. The molecular formula is C20H27NO2. The Morgan fingerprint density at radius 3 is 2.43 bits per heavy atom. The number of nitrogens with zero attached hydrogens (tertiary/aromatic N) is 1. The molecule has 0 aromatic heterocycles. The molecule has 0 amide bonds. The van der Waals surface area contributed by atoms with Gasteiger partial charge in [0.1, 0.15) is 12.4 Å². The molecule has 2 atom stereocenters. The molecule has 1 aromatic rings. The first-order chi connectivity index (χ1) is 11.1. The number of morpholine rings is 1. The van der Waals surface area contributed by atoms with Crippen molar-refractivity contribution in [3.63, 3.8) is 0 Å². The van der Waals surface area contributed by atoms with Gasteiger partial charge in [-0.2, -0.15) is 0 Å². The Kier molecular flexibility index (Phi) is 6.63. The zero-order chi connectivity index (χ0) is 16.7. The first-order valence-electron chi connectivity index (χ1n) is 8.12. The number of hydrogen-bond acceptors (Lipinski definition) is 3. The van der Waals surface area contributed by atoms with Crippen molar-refractivity contribution >= 4 is 0 Å². The van der Waals surface area contributed by atoms with E-state index in [2.05, 4.69) is 56.2 Å². The number of hydrogen-bond donors (Lipinski definition) is 0. The molecule has 1 aliphatic rings. The second-order valence-electron chi connectivity index (χ2n) is 6.07. The molecular weight excluding hydrogens is 286 g/mol. The van der Waals surface area contributed by atoms with E-state index in [0.717, 1.165) is 25.3 Å². The predicted molar refractivity (Wildman–Crippen MR) is 95.0 cm³/mol. The minimum atomic E-state index is 0.460. The summed E-state index contributed by atoms with van der Waals surface area (Å²) in [6.07, 6.45) is 5.33. The third kappa shape index (κ3) is 5.38. The molecule has 0 N–H and O–H groups in total. The summed E-state index contributed by atoms with van der Waals surface area (Å²) in [6, 6.07) is 9.51. The molecule has 1 fully saturated rings. The lowest BCUT2D eigenvalue weighted by molar-refractivity contribution is -0.0409. The van der Waals surface area contributed by atoms with Crippen molar-refractivity contribution in [2.45, 2.75) is 39.1 Å². The fraction of sp³-hybridized carbons (Fsp3) is 0.400. The molecule has 1 saturated heterocycles. The van der Waals surface area contributed by atoms with Crippen LogP contribution in [0.2, 0.25) is 0 Å². The molecule has 0 bridgehead atoms. The Bertz CT molecular complexity index is 537. The van der Waals surface area contributed by atoms with Crippen LogP contribution in [-0.4, -0.2) is 30.2 Å². The average Bonchev–Trinajstić information content (AvgIpc) is 2.55. The number of rotatable bonds is 7. The number of benzene rings is 1. The fourth-order valence-electron chi connectivity index (χ4n) is 2.70. The van der Waals surface area contributed by atoms with E-state index in [9.17, 15) is 0 Å². The lowest BCUT2D eigenvalue weighted by atomic mass is 10.1. The first kappa shape index (κ1) is 17.5. The summed E-state index contributed by atoms with van der Waals surface area (Å²) in [4.78, 5) is 2.50. The van der Waals surface area contributed by atoms with Crippen molar-refractivity contribution in [2.24, 2.45) is 0 Å². The maximum Gasteiger partial charge on any atom is 0.113 e. The van der Waals surface area contributed by atoms with Crippen LogP contribution in [0.15, 0.2) is 61.4 Å². The maximum atomic E-state index is 5.60. The number of allylic oxidation sites excluding steroid dienone is 3. The van der Waals surface area contributed by atoms with Crippen molar-refractivity contribution in [2.75, 3.05) is 13.2 Å². The quantitative estimate of drug-likeness (QED) is 0.559. The van der Waals surface area contributed by atoms with E-state index in [1.807, 2.05) is 12.2 Å². The summed E-state index contributed by atoms with van der Waals surface area (Å²) in [5.41, 5.74) is 2.46. The lowest BCUT2D eigenvalue weighted by Crippen LogP contribution is -2.48. The summed E-state index contributed by atoms with van der Waals surface area (Å²) in [6.45, 7) is 15.0. The standard InChI is InChI=1S/C20H27NO2/c1-5-6-7-18(4)23-15-20-10-8-19(9-11-20)12-21-16(2)13-22-14-17(21)3/h5-11,16-17H,1,4,12-15H2,2-3H3. The first-order valence-corrected chi connectivity index (χ1v) is 8.12. The molecule has 1 heterocycles. The van der Waals surface area contributed by atoms with Crippen molar-refractivity contribution in [1.29, 1.82) is 0 Å². The molecule has 124 valence electrons. The third-order valence-electron chi connectivity index (χ3n) is 4.08. The van der Waals surface area contributed by atoms with Crippen molar-refractivity contribution in [3.05, 3.63) is 72.5 Å². The Hall–Kier alpha value is -1.84.